The van der Waals surface area contributed by atoms with Crippen LogP contribution in [0.5, 0.6) is 0 Å². The number of carbonyl (C=O) groups is 1. The predicted molar refractivity (Wildman–Crippen MR) is 86.3 cm³/mol. The quantitative estimate of drug-likeness (QED) is 0.523. The number of methoxy groups -OCH3 is 1. The Labute approximate surface area is 141 Å². The number of anilines is 1. The van der Waals surface area contributed by atoms with Gasteiger partial charge in [-0.05, 0) is 35.5 Å². The average molecular weight is 336 g/mol. The lowest BCUT2D eigenvalue weighted by atomic mass is 10.2. The van der Waals surface area contributed by atoms with Crippen LogP contribution in [0.25, 0.3) is 11.3 Å². The zero-order chi connectivity index (χ0) is 17.6. The number of nitrogens with zero attached hydrogens (tertiary/aromatic N) is 6. The van der Waals surface area contributed by atoms with Gasteiger partial charge in [0, 0.05) is 18.1 Å². The highest BCUT2D eigenvalue weighted by molar-refractivity contribution is 5.87. The number of carbonyl (C=O) groups excluding carboxylic acids is 1. The summed E-state index contributed by atoms with van der Waals surface area (Å²) in [4.78, 5) is 11.4. The van der Waals surface area contributed by atoms with E-state index in [9.17, 15) is 4.79 Å². The Morgan fingerprint density at radius 2 is 2.16 bits per heavy atom. The van der Waals surface area contributed by atoms with Crippen LogP contribution in [-0.4, -0.2) is 43.5 Å². The second kappa shape index (κ2) is 7.05. The highest BCUT2D eigenvalue weighted by Gasteiger charge is 2.10. The summed E-state index contributed by atoms with van der Waals surface area (Å²) >= 11 is 0. The molecule has 0 spiro atoms. The van der Waals surface area contributed by atoms with Crippen LogP contribution < -0.4 is 5.32 Å². The van der Waals surface area contributed by atoms with Crippen molar-refractivity contribution in [2.24, 2.45) is 0 Å². The summed E-state index contributed by atoms with van der Waals surface area (Å²) in [5.74, 6) is -0.286. The molecule has 2 N–H and O–H groups in total. The van der Waals surface area contributed by atoms with E-state index >= 15 is 0 Å². The number of nitrogens with one attached hydrogen (secondary N) is 2. The third-order valence-electron chi connectivity index (χ3n) is 3.21. The number of nitriles is 1. The van der Waals surface area contributed by atoms with Gasteiger partial charge in [-0.2, -0.15) is 15.6 Å². The number of aromatic nitrogens is 6. The molecule has 2 heterocycles. The Hall–Kier alpha value is -4.00. The SMILES string of the molecule is COC(=O)c1ccn(-c2ccc(NC=C(C#N)c3nn[nH]n3)cc2)n1. The molecule has 10 nitrogen and oxygen atoms in total. The lowest BCUT2D eigenvalue weighted by molar-refractivity contribution is 0.0593. The fourth-order valence-electron chi connectivity index (χ4n) is 1.97. The molecule has 0 aliphatic heterocycles. The summed E-state index contributed by atoms with van der Waals surface area (Å²) in [6.45, 7) is 0. The van der Waals surface area contributed by atoms with Crippen LogP contribution in [0.3, 0.4) is 0 Å². The molecule has 25 heavy (non-hydrogen) atoms. The Morgan fingerprint density at radius 1 is 1.36 bits per heavy atom. The molecule has 124 valence electrons. The van der Waals surface area contributed by atoms with Gasteiger partial charge in [-0.3, -0.25) is 0 Å². The van der Waals surface area contributed by atoms with E-state index in [-0.39, 0.29) is 17.1 Å². The van der Waals surface area contributed by atoms with E-state index in [1.54, 1.807) is 29.1 Å². The molecule has 2 aromatic heterocycles. The van der Waals surface area contributed by atoms with Crippen molar-refractivity contribution in [1.82, 2.24) is 30.4 Å². The van der Waals surface area contributed by atoms with E-state index in [4.69, 9.17) is 5.26 Å². The number of benzene rings is 1. The van der Waals surface area contributed by atoms with Crippen molar-refractivity contribution >= 4 is 17.2 Å². The summed E-state index contributed by atoms with van der Waals surface area (Å²) in [5.41, 5.74) is 1.99. The first-order chi connectivity index (χ1) is 12.2. The first kappa shape index (κ1) is 15.9. The highest BCUT2D eigenvalue weighted by atomic mass is 16.5. The monoisotopic (exact) mass is 336 g/mol. The van der Waals surface area contributed by atoms with Crippen molar-refractivity contribution in [3.8, 4) is 11.8 Å². The smallest absolute Gasteiger partial charge is 0.358 e. The maximum Gasteiger partial charge on any atom is 0.358 e. The zero-order valence-corrected chi connectivity index (χ0v) is 13.0. The van der Waals surface area contributed by atoms with Crippen LogP contribution in [0.1, 0.15) is 16.3 Å². The second-order valence-electron chi connectivity index (χ2n) is 4.73. The van der Waals surface area contributed by atoms with Crippen molar-refractivity contribution in [3.63, 3.8) is 0 Å². The molecular formula is C15H12N8O2. The standard InChI is InChI=1S/C15H12N8O2/c1-25-15(24)13-6-7-23(20-13)12-4-2-11(3-5-12)17-9-10(8-16)14-18-21-22-19-14/h2-7,9,17H,1H3,(H,18,19,21,22). The van der Waals surface area contributed by atoms with Gasteiger partial charge in [0.15, 0.2) is 5.69 Å². The summed E-state index contributed by atoms with van der Waals surface area (Å²) in [5, 5.41) is 29.4. The second-order valence-corrected chi connectivity index (χ2v) is 4.73. The minimum Gasteiger partial charge on any atom is -0.464 e. The van der Waals surface area contributed by atoms with Gasteiger partial charge in [0.2, 0.25) is 5.82 Å². The van der Waals surface area contributed by atoms with Gasteiger partial charge in [-0.25, -0.2) is 9.48 Å². The molecular weight excluding hydrogens is 324 g/mol. The number of H-pyrrole nitrogens is 1. The molecule has 0 aliphatic rings. The average Bonchev–Trinajstić information content (AvgIpc) is 3.34. The van der Waals surface area contributed by atoms with Crippen molar-refractivity contribution in [2.45, 2.75) is 0 Å². The number of ether oxygens (including phenoxy) is 1. The molecule has 0 amide bonds. The van der Waals surface area contributed by atoms with Crippen LogP contribution >= 0.6 is 0 Å². The number of hydrogen-bond acceptors (Lipinski definition) is 8. The van der Waals surface area contributed by atoms with E-state index in [2.05, 4.69) is 35.8 Å². The van der Waals surface area contributed by atoms with Crippen LogP contribution in [0.4, 0.5) is 5.69 Å². The Morgan fingerprint density at radius 3 is 2.80 bits per heavy atom. The minimum absolute atomic E-state index is 0.207. The molecule has 0 aliphatic carbocycles. The summed E-state index contributed by atoms with van der Waals surface area (Å²) < 4.78 is 6.19. The predicted octanol–water partition coefficient (Wildman–Crippen LogP) is 1.15. The fraction of sp³-hybridized carbons (Fsp3) is 0.0667. The largest absolute Gasteiger partial charge is 0.464 e. The topological polar surface area (TPSA) is 134 Å². The Balaban J connectivity index is 1.73. The number of allylic oxidation sites excluding steroid dienone is 1. The molecule has 0 unspecified atom stereocenters. The van der Waals surface area contributed by atoms with Gasteiger partial charge >= 0.3 is 5.97 Å². The summed E-state index contributed by atoms with van der Waals surface area (Å²) in [6.07, 6.45) is 3.15. The van der Waals surface area contributed by atoms with Gasteiger partial charge in [-0.1, -0.05) is 0 Å². The molecule has 0 atom stereocenters. The molecule has 0 bridgehead atoms. The van der Waals surface area contributed by atoms with E-state index < -0.39 is 5.97 Å². The lowest BCUT2D eigenvalue weighted by Gasteiger charge is -2.04. The summed E-state index contributed by atoms with van der Waals surface area (Å²) in [6, 6.07) is 10.8. The van der Waals surface area contributed by atoms with Gasteiger partial charge < -0.3 is 10.1 Å². The minimum atomic E-state index is -0.493. The Kier molecular flexibility index (Phi) is 4.48. The van der Waals surface area contributed by atoms with Crippen molar-refractivity contribution in [1.29, 1.82) is 5.26 Å². The van der Waals surface area contributed by atoms with Crippen molar-refractivity contribution in [2.75, 3.05) is 12.4 Å². The third-order valence-corrected chi connectivity index (χ3v) is 3.21. The first-order valence-electron chi connectivity index (χ1n) is 7.06. The number of tetrazole rings is 1. The van der Waals surface area contributed by atoms with E-state index in [1.807, 2.05) is 18.2 Å². The lowest BCUT2D eigenvalue weighted by Crippen LogP contribution is -2.04. The maximum atomic E-state index is 11.4. The van der Waals surface area contributed by atoms with Crippen molar-refractivity contribution < 1.29 is 9.53 Å². The van der Waals surface area contributed by atoms with Crippen LogP contribution in [0.2, 0.25) is 0 Å². The van der Waals surface area contributed by atoms with Gasteiger partial charge in [0.1, 0.15) is 11.6 Å². The molecule has 0 saturated heterocycles. The summed E-state index contributed by atoms with van der Waals surface area (Å²) in [7, 11) is 1.30. The molecule has 3 aromatic rings. The number of aromatic amines is 1. The van der Waals surface area contributed by atoms with E-state index in [1.165, 1.54) is 13.3 Å². The van der Waals surface area contributed by atoms with Gasteiger partial charge in [0.25, 0.3) is 0 Å². The van der Waals surface area contributed by atoms with Crippen molar-refractivity contribution in [3.05, 3.63) is 54.2 Å². The third kappa shape index (κ3) is 3.50. The van der Waals surface area contributed by atoms with E-state index in [0.717, 1.165) is 11.4 Å². The zero-order valence-electron chi connectivity index (χ0n) is 13.0. The molecule has 0 saturated carbocycles. The molecule has 3 rings (SSSR count). The number of hydrogen-bond donors (Lipinski definition) is 2. The van der Waals surface area contributed by atoms with Gasteiger partial charge in [0.05, 0.1) is 12.8 Å². The van der Waals surface area contributed by atoms with Crippen LogP contribution in [0.15, 0.2) is 42.7 Å². The van der Waals surface area contributed by atoms with Crippen LogP contribution in [-0.2, 0) is 4.74 Å². The molecule has 0 radical (unpaired) electrons. The van der Waals surface area contributed by atoms with Crippen LogP contribution in [0, 0.1) is 11.3 Å². The normalized spacial score (nSPS) is 11.0. The molecule has 10 heteroatoms. The molecule has 0 fully saturated rings. The van der Waals surface area contributed by atoms with E-state index in [0.29, 0.717) is 0 Å². The highest BCUT2D eigenvalue weighted by Crippen LogP contribution is 2.15. The maximum absolute atomic E-state index is 11.4. The number of esters is 1. The molecule has 1 aromatic carbocycles. The van der Waals surface area contributed by atoms with Gasteiger partial charge in [-0.15, -0.1) is 10.2 Å². The Bertz CT molecular complexity index is 935. The number of rotatable bonds is 5. The fourth-order valence-corrected chi connectivity index (χ4v) is 1.97. The first-order valence-corrected chi connectivity index (χ1v) is 7.06.